The van der Waals surface area contributed by atoms with E-state index in [1.165, 1.54) is 37.8 Å². The fourth-order valence-electron chi connectivity index (χ4n) is 3.86. The van der Waals surface area contributed by atoms with E-state index in [0.29, 0.717) is 5.41 Å². The lowest BCUT2D eigenvalue weighted by atomic mass is 9.68. The molecule has 0 atom stereocenters. The van der Waals surface area contributed by atoms with Gasteiger partial charge in [0, 0.05) is 32.2 Å². The van der Waals surface area contributed by atoms with Gasteiger partial charge in [-0.2, -0.15) is 0 Å². The maximum absolute atomic E-state index is 5.22. The maximum Gasteiger partial charge on any atom is 0.193 e. The van der Waals surface area contributed by atoms with E-state index in [2.05, 4.69) is 20.4 Å². The summed E-state index contributed by atoms with van der Waals surface area (Å²) in [5.74, 6) is 2.02. The van der Waals surface area contributed by atoms with Gasteiger partial charge in [0.25, 0.3) is 0 Å². The third-order valence-electron chi connectivity index (χ3n) is 5.43. The van der Waals surface area contributed by atoms with Crippen molar-refractivity contribution in [2.45, 2.75) is 52.4 Å². The molecule has 1 aromatic heterocycles. The predicted octanol–water partition coefficient (Wildman–Crippen LogP) is 3.29. The van der Waals surface area contributed by atoms with Gasteiger partial charge in [0.2, 0.25) is 0 Å². The summed E-state index contributed by atoms with van der Waals surface area (Å²) in [6.45, 7) is 7.30. The van der Waals surface area contributed by atoms with Gasteiger partial charge in [-0.3, -0.25) is 4.99 Å². The minimum Gasteiger partial charge on any atom is -0.361 e. The third-order valence-corrected chi connectivity index (χ3v) is 5.43. The smallest absolute Gasteiger partial charge is 0.193 e. The number of halogens is 1. The second-order valence-electron chi connectivity index (χ2n) is 6.91. The van der Waals surface area contributed by atoms with Crippen LogP contribution in [0, 0.1) is 19.3 Å². The summed E-state index contributed by atoms with van der Waals surface area (Å²) in [7, 11) is 1.89. The normalized spacial score (nSPS) is 19.6. The Hall–Kier alpha value is -0.790. The highest BCUT2D eigenvalue weighted by molar-refractivity contribution is 14.0. The number of nitrogens with one attached hydrogen (secondary N) is 1. The first-order valence-electron chi connectivity index (χ1n) is 8.51. The number of guanidine groups is 1. The summed E-state index contributed by atoms with van der Waals surface area (Å²) in [6.07, 6.45) is 7.65. The van der Waals surface area contributed by atoms with Crippen molar-refractivity contribution in [1.82, 2.24) is 15.4 Å². The van der Waals surface area contributed by atoms with Crippen LogP contribution in [0.25, 0.3) is 0 Å². The SMILES string of the molecule is CN=C(NCCCc1c(C)noc1C)N1CCC2(CCC2)C1.I. The average molecular weight is 432 g/mol. The van der Waals surface area contributed by atoms with Crippen molar-refractivity contribution in [1.29, 1.82) is 0 Å². The Balaban J connectivity index is 0.00000192. The van der Waals surface area contributed by atoms with Crippen LogP contribution in [0.1, 0.15) is 49.1 Å². The number of rotatable bonds is 4. The van der Waals surface area contributed by atoms with E-state index in [1.807, 2.05) is 20.9 Å². The third kappa shape index (κ3) is 4.00. The lowest BCUT2D eigenvalue weighted by Crippen LogP contribution is -2.42. The zero-order valence-electron chi connectivity index (χ0n) is 14.5. The number of hydrogen-bond acceptors (Lipinski definition) is 3. The van der Waals surface area contributed by atoms with Crippen molar-refractivity contribution in [3.63, 3.8) is 0 Å². The van der Waals surface area contributed by atoms with Crippen molar-refractivity contribution in [3.05, 3.63) is 17.0 Å². The van der Waals surface area contributed by atoms with Crippen LogP contribution < -0.4 is 5.32 Å². The molecule has 1 aliphatic heterocycles. The summed E-state index contributed by atoms with van der Waals surface area (Å²) < 4.78 is 5.22. The lowest BCUT2D eigenvalue weighted by Gasteiger charge is -2.38. The summed E-state index contributed by atoms with van der Waals surface area (Å²) in [6, 6.07) is 0. The lowest BCUT2D eigenvalue weighted by molar-refractivity contribution is 0.151. The molecule has 130 valence electrons. The molecule has 2 aliphatic rings. The summed E-state index contributed by atoms with van der Waals surface area (Å²) >= 11 is 0. The van der Waals surface area contributed by atoms with Crippen LogP contribution in [-0.4, -0.2) is 42.7 Å². The number of aliphatic imine (C=N–C) groups is 1. The Morgan fingerprint density at radius 2 is 2.13 bits per heavy atom. The van der Waals surface area contributed by atoms with E-state index in [9.17, 15) is 0 Å². The van der Waals surface area contributed by atoms with Crippen LogP contribution in [0.15, 0.2) is 9.52 Å². The van der Waals surface area contributed by atoms with Crippen molar-refractivity contribution in [2.75, 3.05) is 26.7 Å². The monoisotopic (exact) mass is 432 g/mol. The van der Waals surface area contributed by atoms with E-state index >= 15 is 0 Å². The molecule has 1 spiro atoms. The highest BCUT2D eigenvalue weighted by atomic mass is 127. The first-order valence-corrected chi connectivity index (χ1v) is 8.51. The Bertz CT molecular complexity index is 531. The number of hydrogen-bond donors (Lipinski definition) is 1. The van der Waals surface area contributed by atoms with Gasteiger partial charge in [-0.1, -0.05) is 11.6 Å². The van der Waals surface area contributed by atoms with E-state index in [1.54, 1.807) is 0 Å². The van der Waals surface area contributed by atoms with Gasteiger partial charge >= 0.3 is 0 Å². The zero-order valence-corrected chi connectivity index (χ0v) is 16.9. The van der Waals surface area contributed by atoms with Crippen LogP contribution in [0.2, 0.25) is 0 Å². The first kappa shape index (κ1) is 18.5. The molecule has 2 heterocycles. The number of nitrogens with zero attached hydrogens (tertiary/aromatic N) is 3. The van der Waals surface area contributed by atoms with Crippen LogP contribution >= 0.6 is 24.0 Å². The standard InChI is InChI=1S/C17H28N4O.HI/c1-13-15(14(2)22-20-13)6-4-10-19-16(18-3)21-11-9-17(12-21)7-5-8-17;/h4-12H2,1-3H3,(H,18,19);1H. The van der Waals surface area contributed by atoms with Crippen LogP contribution in [0.3, 0.4) is 0 Å². The second kappa shape index (κ2) is 7.85. The average Bonchev–Trinajstić information content (AvgIpc) is 3.05. The second-order valence-corrected chi connectivity index (χ2v) is 6.91. The molecule has 1 saturated carbocycles. The molecule has 1 N–H and O–H groups in total. The number of likely N-dealkylation sites (tertiary alicyclic amines) is 1. The fraction of sp³-hybridized carbons (Fsp3) is 0.765. The van der Waals surface area contributed by atoms with Crippen molar-refractivity contribution >= 4 is 29.9 Å². The molecule has 2 fully saturated rings. The van der Waals surface area contributed by atoms with Gasteiger partial charge in [0.05, 0.1) is 5.69 Å². The van der Waals surface area contributed by atoms with Crippen molar-refractivity contribution < 1.29 is 4.52 Å². The largest absolute Gasteiger partial charge is 0.361 e. The molecule has 6 heteroatoms. The highest BCUT2D eigenvalue weighted by Crippen LogP contribution is 2.47. The molecule has 5 nitrogen and oxygen atoms in total. The molecule has 0 aromatic carbocycles. The molecule has 3 rings (SSSR count). The Kier molecular flexibility index (Phi) is 6.33. The predicted molar refractivity (Wildman–Crippen MR) is 104 cm³/mol. The fourth-order valence-corrected chi connectivity index (χ4v) is 3.86. The molecule has 1 aromatic rings. The molecule has 1 saturated heterocycles. The van der Waals surface area contributed by atoms with Gasteiger partial charge in [-0.05, 0) is 51.4 Å². The zero-order chi connectivity index (χ0) is 15.6. The minimum absolute atomic E-state index is 0. The molecule has 23 heavy (non-hydrogen) atoms. The van der Waals surface area contributed by atoms with Gasteiger partial charge in [0.1, 0.15) is 5.76 Å². The maximum atomic E-state index is 5.22. The van der Waals surface area contributed by atoms with Gasteiger partial charge in [-0.25, -0.2) is 0 Å². The minimum atomic E-state index is 0. The summed E-state index contributed by atoms with van der Waals surface area (Å²) in [5, 5.41) is 7.54. The quantitative estimate of drug-likeness (QED) is 0.344. The summed E-state index contributed by atoms with van der Waals surface area (Å²) in [4.78, 5) is 6.90. The topological polar surface area (TPSA) is 53.7 Å². The first-order chi connectivity index (χ1) is 10.6. The van der Waals surface area contributed by atoms with Gasteiger partial charge < -0.3 is 14.7 Å². The van der Waals surface area contributed by atoms with Crippen LogP contribution in [0.4, 0.5) is 0 Å². The molecule has 0 radical (unpaired) electrons. The number of aromatic nitrogens is 1. The highest BCUT2D eigenvalue weighted by Gasteiger charge is 2.43. The van der Waals surface area contributed by atoms with E-state index in [-0.39, 0.29) is 24.0 Å². The molecule has 0 unspecified atom stereocenters. The Morgan fingerprint density at radius 3 is 2.65 bits per heavy atom. The Labute approximate surface area is 156 Å². The molecule has 0 bridgehead atoms. The molecule has 0 amide bonds. The molecular formula is C17H29IN4O. The Morgan fingerprint density at radius 1 is 1.35 bits per heavy atom. The molecule has 1 aliphatic carbocycles. The van der Waals surface area contributed by atoms with Gasteiger partial charge in [-0.15, -0.1) is 24.0 Å². The van der Waals surface area contributed by atoms with E-state index in [4.69, 9.17) is 4.52 Å². The summed E-state index contributed by atoms with van der Waals surface area (Å²) in [5.41, 5.74) is 2.90. The van der Waals surface area contributed by atoms with Crippen molar-refractivity contribution in [3.8, 4) is 0 Å². The van der Waals surface area contributed by atoms with E-state index < -0.39 is 0 Å². The number of aryl methyl sites for hydroxylation is 2. The van der Waals surface area contributed by atoms with E-state index in [0.717, 1.165) is 43.3 Å². The van der Waals surface area contributed by atoms with Gasteiger partial charge in [0.15, 0.2) is 5.96 Å². The molecular weight excluding hydrogens is 403 g/mol. The van der Waals surface area contributed by atoms with Crippen LogP contribution in [-0.2, 0) is 6.42 Å². The van der Waals surface area contributed by atoms with Crippen molar-refractivity contribution in [2.24, 2.45) is 10.4 Å². The van der Waals surface area contributed by atoms with Crippen LogP contribution in [0.5, 0.6) is 0 Å².